The number of anilines is 4. The van der Waals surface area contributed by atoms with E-state index in [0.29, 0.717) is 29.7 Å². The Hall–Kier alpha value is -3.37. The van der Waals surface area contributed by atoms with E-state index in [1.807, 2.05) is 32.2 Å². The van der Waals surface area contributed by atoms with Crippen molar-refractivity contribution in [2.75, 3.05) is 75.6 Å². The van der Waals surface area contributed by atoms with Crippen LogP contribution in [0.25, 0.3) is 0 Å². The quantitative estimate of drug-likeness (QED) is 0.518. The Labute approximate surface area is 237 Å². The first-order chi connectivity index (χ1) is 19.4. The average molecular weight is 550 g/mol. The van der Waals surface area contributed by atoms with E-state index < -0.39 is 0 Å². The lowest BCUT2D eigenvalue weighted by atomic mass is 9.92. The number of nitrogens with zero attached hydrogens (tertiary/aromatic N) is 5. The minimum Gasteiger partial charge on any atom is -0.495 e. The smallest absolute Gasteiger partial charge is 0.251 e. The molecule has 2 aromatic rings. The van der Waals surface area contributed by atoms with Crippen LogP contribution in [0.2, 0.25) is 0 Å². The van der Waals surface area contributed by atoms with Gasteiger partial charge in [-0.05, 0) is 57.1 Å². The summed E-state index contributed by atoms with van der Waals surface area (Å²) >= 11 is 0. The van der Waals surface area contributed by atoms with Crippen LogP contribution in [0.5, 0.6) is 5.75 Å². The standard InChI is InChI=1S/C30H43N7O3/c1-21-30(39)35(3)25-12-13-27(33-28(25)37(21)23-8-6-5-7-9-23)32-24-11-10-22(20-26(24)40-4)29(38)31-14-15-36-18-16-34(2)17-19-36/h10-13,20-21,23H,5-9,14-19H2,1-4H3,(H,31,38)(H,32,33)/t21-/m1/s1. The van der Waals surface area contributed by atoms with Crippen molar-refractivity contribution in [3.05, 3.63) is 35.9 Å². The summed E-state index contributed by atoms with van der Waals surface area (Å²) in [6, 6.07) is 9.31. The van der Waals surface area contributed by atoms with Gasteiger partial charge in [0.2, 0.25) is 5.91 Å². The van der Waals surface area contributed by atoms with Crippen molar-refractivity contribution in [1.82, 2.24) is 20.1 Å². The summed E-state index contributed by atoms with van der Waals surface area (Å²) in [5, 5.41) is 6.42. The lowest BCUT2D eigenvalue weighted by Crippen LogP contribution is -2.55. The Morgan fingerprint density at radius 3 is 2.52 bits per heavy atom. The van der Waals surface area contributed by atoms with Crippen LogP contribution in [-0.2, 0) is 4.79 Å². The monoisotopic (exact) mass is 549 g/mol. The van der Waals surface area contributed by atoms with Gasteiger partial charge in [0, 0.05) is 57.9 Å². The number of aromatic nitrogens is 1. The van der Waals surface area contributed by atoms with Crippen molar-refractivity contribution in [2.24, 2.45) is 0 Å². The van der Waals surface area contributed by atoms with Crippen molar-refractivity contribution < 1.29 is 14.3 Å². The summed E-state index contributed by atoms with van der Waals surface area (Å²) in [5.41, 5.74) is 2.10. The van der Waals surface area contributed by atoms with Gasteiger partial charge in [-0.1, -0.05) is 19.3 Å². The summed E-state index contributed by atoms with van der Waals surface area (Å²) in [6.45, 7) is 7.61. The number of fused-ring (bicyclic) bond motifs is 1. The number of hydrogen-bond acceptors (Lipinski definition) is 8. The molecule has 216 valence electrons. The molecule has 10 heteroatoms. The highest BCUT2D eigenvalue weighted by molar-refractivity contribution is 6.04. The zero-order valence-corrected chi connectivity index (χ0v) is 24.3. The van der Waals surface area contributed by atoms with Gasteiger partial charge in [-0.2, -0.15) is 0 Å². The predicted molar refractivity (Wildman–Crippen MR) is 159 cm³/mol. The fourth-order valence-electron chi connectivity index (χ4n) is 6.09. The minimum atomic E-state index is -0.257. The number of benzene rings is 1. The van der Waals surface area contributed by atoms with E-state index in [0.717, 1.165) is 62.8 Å². The number of hydrogen-bond donors (Lipinski definition) is 2. The van der Waals surface area contributed by atoms with Gasteiger partial charge in [-0.15, -0.1) is 0 Å². The van der Waals surface area contributed by atoms with Crippen LogP contribution in [0.1, 0.15) is 49.4 Å². The first-order valence-corrected chi connectivity index (χ1v) is 14.6. The van der Waals surface area contributed by atoms with Crippen molar-refractivity contribution in [3.63, 3.8) is 0 Å². The molecule has 0 spiro atoms. The van der Waals surface area contributed by atoms with Gasteiger partial charge in [-0.3, -0.25) is 14.5 Å². The molecule has 3 heterocycles. The van der Waals surface area contributed by atoms with E-state index in [9.17, 15) is 9.59 Å². The van der Waals surface area contributed by atoms with E-state index in [4.69, 9.17) is 9.72 Å². The lowest BCUT2D eigenvalue weighted by molar-refractivity contribution is -0.119. The molecular formula is C30H43N7O3. The largest absolute Gasteiger partial charge is 0.495 e. The molecule has 2 aliphatic heterocycles. The summed E-state index contributed by atoms with van der Waals surface area (Å²) in [7, 11) is 5.56. The van der Waals surface area contributed by atoms with Crippen LogP contribution >= 0.6 is 0 Å². The van der Waals surface area contributed by atoms with E-state index in [2.05, 4.69) is 32.4 Å². The molecule has 0 unspecified atom stereocenters. The second-order valence-electron chi connectivity index (χ2n) is 11.3. The Morgan fingerprint density at radius 1 is 1.05 bits per heavy atom. The van der Waals surface area contributed by atoms with E-state index in [-0.39, 0.29) is 17.9 Å². The third-order valence-corrected chi connectivity index (χ3v) is 8.57. The maximum atomic E-state index is 13.0. The van der Waals surface area contributed by atoms with Crippen LogP contribution in [0.4, 0.5) is 23.0 Å². The maximum Gasteiger partial charge on any atom is 0.251 e. The number of carbonyl (C=O) groups is 2. The lowest BCUT2D eigenvalue weighted by Gasteiger charge is -2.44. The molecule has 0 radical (unpaired) electrons. The summed E-state index contributed by atoms with van der Waals surface area (Å²) in [4.78, 5) is 39.5. The second kappa shape index (κ2) is 12.4. The molecule has 2 amide bonds. The van der Waals surface area contributed by atoms with Crippen LogP contribution in [0, 0.1) is 0 Å². The molecule has 1 aliphatic carbocycles. The minimum absolute atomic E-state index is 0.0969. The molecule has 1 saturated carbocycles. The van der Waals surface area contributed by atoms with Gasteiger partial charge < -0.3 is 30.1 Å². The summed E-state index contributed by atoms with van der Waals surface area (Å²) in [6.07, 6.45) is 5.76. The van der Waals surface area contributed by atoms with E-state index in [1.165, 1.54) is 19.3 Å². The molecule has 1 atom stereocenters. The molecule has 2 N–H and O–H groups in total. The first-order valence-electron chi connectivity index (χ1n) is 14.6. The summed E-state index contributed by atoms with van der Waals surface area (Å²) in [5.74, 6) is 2.05. The van der Waals surface area contributed by atoms with Crippen molar-refractivity contribution in [3.8, 4) is 5.75 Å². The van der Waals surface area contributed by atoms with Crippen molar-refractivity contribution in [1.29, 1.82) is 0 Å². The number of methoxy groups -OCH3 is 1. The van der Waals surface area contributed by atoms with Crippen molar-refractivity contribution in [2.45, 2.75) is 51.1 Å². The van der Waals surface area contributed by atoms with Crippen LogP contribution < -0.4 is 25.2 Å². The number of piperazine rings is 1. The molecule has 1 saturated heterocycles. The first kappa shape index (κ1) is 28.2. The van der Waals surface area contributed by atoms with E-state index >= 15 is 0 Å². The van der Waals surface area contributed by atoms with Crippen LogP contribution in [0.15, 0.2) is 30.3 Å². The normalized spacial score (nSPS) is 20.8. The zero-order valence-electron chi connectivity index (χ0n) is 24.3. The fourth-order valence-corrected chi connectivity index (χ4v) is 6.09. The predicted octanol–water partition coefficient (Wildman–Crippen LogP) is 3.32. The molecular weight excluding hydrogens is 506 g/mol. The third kappa shape index (κ3) is 6.02. The topological polar surface area (TPSA) is 93.3 Å². The zero-order chi connectivity index (χ0) is 28.2. The Kier molecular flexibility index (Phi) is 8.75. The number of carbonyl (C=O) groups excluding carboxylic acids is 2. The number of nitrogens with one attached hydrogen (secondary N) is 2. The number of likely N-dealkylation sites (N-methyl/N-ethyl adjacent to an activating group) is 2. The van der Waals surface area contributed by atoms with Crippen LogP contribution in [-0.4, -0.2) is 99.2 Å². The number of ether oxygens (including phenoxy) is 1. The SMILES string of the molecule is COc1cc(C(=O)NCCN2CCN(C)CC2)ccc1Nc1ccc2c(n1)N(C1CCCCC1)[C@H](C)C(=O)N2C. The van der Waals surface area contributed by atoms with Crippen molar-refractivity contribution >= 4 is 34.8 Å². The molecule has 2 fully saturated rings. The molecule has 3 aliphatic rings. The second-order valence-corrected chi connectivity index (χ2v) is 11.3. The number of amides is 2. The highest BCUT2D eigenvalue weighted by Crippen LogP contribution is 2.40. The van der Waals surface area contributed by atoms with E-state index in [1.54, 1.807) is 24.1 Å². The fraction of sp³-hybridized carbons (Fsp3) is 0.567. The highest BCUT2D eigenvalue weighted by atomic mass is 16.5. The summed E-state index contributed by atoms with van der Waals surface area (Å²) < 4.78 is 5.65. The highest BCUT2D eigenvalue weighted by Gasteiger charge is 2.39. The number of rotatable bonds is 8. The Morgan fingerprint density at radius 2 is 1.80 bits per heavy atom. The van der Waals surface area contributed by atoms with Gasteiger partial charge in [0.25, 0.3) is 5.91 Å². The van der Waals surface area contributed by atoms with Gasteiger partial charge in [0.1, 0.15) is 17.6 Å². The number of pyridine rings is 1. The maximum absolute atomic E-state index is 13.0. The molecule has 10 nitrogen and oxygen atoms in total. The Balaban J connectivity index is 1.29. The van der Waals surface area contributed by atoms with Gasteiger partial charge in [0.15, 0.2) is 5.82 Å². The Bertz CT molecular complexity index is 1210. The third-order valence-electron chi connectivity index (χ3n) is 8.57. The van der Waals surface area contributed by atoms with Gasteiger partial charge >= 0.3 is 0 Å². The molecule has 40 heavy (non-hydrogen) atoms. The average Bonchev–Trinajstić information content (AvgIpc) is 2.98. The van der Waals surface area contributed by atoms with Gasteiger partial charge in [0.05, 0.1) is 18.5 Å². The molecule has 1 aromatic carbocycles. The van der Waals surface area contributed by atoms with Crippen LogP contribution in [0.3, 0.4) is 0 Å². The molecule has 5 rings (SSSR count). The molecule has 0 bridgehead atoms. The molecule has 1 aromatic heterocycles. The van der Waals surface area contributed by atoms with Gasteiger partial charge in [-0.25, -0.2) is 4.98 Å².